The fourth-order valence-electron chi connectivity index (χ4n) is 3.32. The lowest BCUT2D eigenvalue weighted by molar-refractivity contribution is 0.477. The average molecular weight is 389 g/mol. The van der Waals surface area contributed by atoms with Gasteiger partial charge in [-0.1, -0.05) is 54.6 Å². The molecule has 140 valence electrons. The number of pyridine rings is 1. The second kappa shape index (κ2) is 7.32. The summed E-state index contributed by atoms with van der Waals surface area (Å²) >= 11 is 5.32. The minimum absolute atomic E-state index is 0.0482. The normalized spacial score (nSPS) is 16.7. The molecule has 0 saturated carbocycles. The van der Waals surface area contributed by atoms with E-state index in [-0.39, 0.29) is 22.9 Å². The van der Waals surface area contributed by atoms with Crippen LogP contribution in [0.25, 0.3) is 22.7 Å². The standard InChI is InChI=1S/C22H19N3O2S/c1-25-18-10-6-5-9-16(18)20(26)19(21(25)27)17-13-15(23-22(28)24-17)12-11-14-7-3-2-4-8-14/h2-13,15,26H,1H3,(H2,23,24,28). The molecule has 1 unspecified atom stereocenters. The van der Waals surface area contributed by atoms with E-state index in [1.807, 2.05) is 60.7 Å². The third-order valence-electron chi connectivity index (χ3n) is 4.73. The van der Waals surface area contributed by atoms with Gasteiger partial charge in [-0.05, 0) is 36.0 Å². The maximum Gasteiger partial charge on any atom is 0.263 e. The number of aryl methyl sites for hydroxylation is 1. The van der Waals surface area contributed by atoms with Gasteiger partial charge in [-0.3, -0.25) is 4.79 Å². The third-order valence-corrected chi connectivity index (χ3v) is 4.95. The molecule has 0 bridgehead atoms. The maximum absolute atomic E-state index is 12.9. The smallest absolute Gasteiger partial charge is 0.263 e. The van der Waals surface area contributed by atoms with Crippen LogP contribution in [0.1, 0.15) is 11.1 Å². The van der Waals surface area contributed by atoms with Crippen LogP contribution in [0, 0.1) is 0 Å². The highest BCUT2D eigenvalue weighted by Gasteiger charge is 2.22. The number of para-hydroxylation sites is 1. The van der Waals surface area contributed by atoms with Gasteiger partial charge in [0, 0.05) is 12.4 Å². The van der Waals surface area contributed by atoms with E-state index in [0.717, 1.165) is 5.56 Å². The second-order valence-electron chi connectivity index (χ2n) is 6.58. The van der Waals surface area contributed by atoms with Crippen LogP contribution in [0.3, 0.4) is 0 Å². The quantitative estimate of drug-likeness (QED) is 0.601. The Hall–Kier alpha value is -3.38. The SMILES string of the molecule is Cn1c(=O)c(C2=CC(C=Cc3ccccc3)NC(=S)N2)c(O)c2ccccc21. The summed E-state index contributed by atoms with van der Waals surface area (Å²) < 4.78 is 1.53. The molecule has 0 amide bonds. The van der Waals surface area contributed by atoms with Crippen LogP contribution in [0.4, 0.5) is 0 Å². The zero-order valence-corrected chi connectivity index (χ0v) is 16.0. The fourth-order valence-corrected chi connectivity index (χ4v) is 3.57. The summed E-state index contributed by atoms with van der Waals surface area (Å²) in [5.41, 5.74) is 2.16. The van der Waals surface area contributed by atoms with E-state index in [4.69, 9.17) is 12.2 Å². The average Bonchev–Trinajstić information content (AvgIpc) is 2.71. The Morgan fingerprint density at radius 3 is 2.61 bits per heavy atom. The van der Waals surface area contributed by atoms with Gasteiger partial charge < -0.3 is 20.3 Å². The number of nitrogens with one attached hydrogen (secondary N) is 2. The topological polar surface area (TPSA) is 66.3 Å². The van der Waals surface area contributed by atoms with Gasteiger partial charge >= 0.3 is 0 Å². The van der Waals surface area contributed by atoms with E-state index in [1.165, 1.54) is 4.57 Å². The van der Waals surface area contributed by atoms with Crippen LogP contribution < -0.4 is 16.2 Å². The first kappa shape index (κ1) is 18.0. The van der Waals surface area contributed by atoms with E-state index < -0.39 is 0 Å². The van der Waals surface area contributed by atoms with Crippen LogP contribution >= 0.6 is 12.2 Å². The number of rotatable bonds is 3. The van der Waals surface area contributed by atoms with Crippen molar-refractivity contribution in [2.24, 2.45) is 7.05 Å². The number of aromatic hydroxyl groups is 1. The van der Waals surface area contributed by atoms with Crippen LogP contribution in [0.5, 0.6) is 5.75 Å². The Balaban J connectivity index is 1.80. The van der Waals surface area contributed by atoms with E-state index >= 15 is 0 Å². The van der Waals surface area contributed by atoms with Crippen molar-refractivity contribution in [2.45, 2.75) is 6.04 Å². The molecule has 0 radical (unpaired) electrons. The molecule has 2 heterocycles. The van der Waals surface area contributed by atoms with Gasteiger partial charge in [0.25, 0.3) is 5.56 Å². The fraction of sp³-hybridized carbons (Fsp3) is 0.0909. The lowest BCUT2D eigenvalue weighted by Crippen LogP contribution is -2.45. The van der Waals surface area contributed by atoms with Crippen molar-refractivity contribution in [1.29, 1.82) is 0 Å². The number of aromatic nitrogens is 1. The summed E-state index contributed by atoms with van der Waals surface area (Å²) in [6.07, 6.45) is 5.80. The highest BCUT2D eigenvalue weighted by molar-refractivity contribution is 7.80. The van der Waals surface area contributed by atoms with Crippen molar-refractivity contribution < 1.29 is 5.11 Å². The molecule has 4 rings (SSSR count). The molecule has 5 nitrogen and oxygen atoms in total. The van der Waals surface area contributed by atoms with Gasteiger partial charge in [-0.15, -0.1) is 0 Å². The van der Waals surface area contributed by atoms with Crippen LogP contribution in [-0.4, -0.2) is 20.8 Å². The number of fused-ring (bicyclic) bond motifs is 1. The summed E-state index contributed by atoms with van der Waals surface area (Å²) in [4.78, 5) is 12.9. The number of nitrogens with zero attached hydrogens (tertiary/aromatic N) is 1. The van der Waals surface area contributed by atoms with Gasteiger partial charge in [0.05, 0.1) is 17.3 Å². The molecule has 2 aromatic carbocycles. The maximum atomic E-state index is 12.9. The first-order valence-electron chi connectivity index (χ1n) is 8.88. The van der Waals surface area contributed by atoms with Crippen LogP contribution in [0.15, 0.2) is 71.5 Å². The molecule has 0 saturated heterocycles. The van der Waals surface area contributed by atoms with Crippen LogP contribution in [-0.2, 0) is 7.05 Å². The molecule has 3 N–H and O–H groups in total. The van der Waals surface area contributed by atoms with E-state index in [1.54, 1.807) is 19.2 Å². The molecule has 0 spiro atoms. The molecule has 0 fully saturated rings. The summed E-state index contributed by atoms with van der Waals surface area (Å²) in [5, 5.41) is 18.0. The van der Waals surface area contributed by atoms with Crippen molar-refractivity contribution in [2.75, 3.05) is 0 Å². The molecule has 1 aliphatic heterocycles. The number of benzene rings is 2. The molecule has 6 heteroatoms. The van der Waals surface area contributed by atoms with Crippen molar-refractivity contribution in [1.82, 2.24) is 15.2 Å². The Morgan fingerprint density at radius 1 is 1.11 bits per heavy atom. The molecule has 28 heavy (non-hydrogen) atoms. The van der Waals surface area contributed by atoms with Gasteiger partial charge in [0.15, 0.2) is 5.11 Å². The van der Waals surface area contributed by atoms with E-state index in [0.29, 0.717) is 21.7 Å². The molecule has 0 aliphatic carbocycles. The van der Waals surface area contributed by atoms with Crippen molar-refractivity contribution in [3.05, 3.63) is 88.2 Å². The van der Waals surface area contributed by atoms with E-state index in [2.05, 4.69) is 10.6 Å². The zero-order chi connectivity index (χ0) is 19.7. The number of hydrogen-bond donors (Lipinski definition) is 3. The summed E-state index contributed by atoms with van der Waals surface area (Å²) in [5.74, 6) is -0.0482. The predicted octanol–water partition coefficient (Wildman–Crippen LogP) is 3.14. The minimum Gasteiger partial charge on any atom is -0.506 e. The summed E-state index contributed by atoms with van der Waals surface area (Å²) in [6.45, 7) is 0. The third kappa shape index (κ3) is 3.30. The largest absolute Gasteiger partial charge is 0.506 e. The molecule has 1 aliphatic rings. The highest BCUT2D eigenvalue weighted by Crippen LogP contribution is 2.30. The van der Waals surface area contributed by atoms with Crippen molar-refractivity contribution in [3.8, 4) is 5.75 Å². The summed E-state index contributed by atoms with van der Waals surface area (Å²) in [6, 6.07) is 17.0. The molecule has 1 atom stereocenters. The number of thiocarbonyl (C=S) groups is 1. The summed E-state index contributed by atoms with van der Waals surface area (Å²) in [7, 11) is 1.69. The van der Waals surface area contributed by atoms with Crippen molar-refractivity contribution >= 4 is 40.0 Å². The monoisotopic (exact) mass is 389 g/mol. The first-order chi connectivity index (χ1) is 13.5. The lowest BCUT2D eigenvalue weighted by atomic mass is 10.0. The lowest BCUT2D eigenvalue weighted by Gasteiger charge is -2.24. The molecule has 1 aromatic heterocycles. The van der Waals surface area contributed by atoms with Crippen molar-refractivity contribution in [3.63, 3.8) is 0 Å². The molecule has 3 aromatic rings. The van der Waals surface area contributed by atoms with Gasteiger partial charge in [-0.2, -0.15) is 0 Å². The predicted molar refractivity (Wildman–Crippen MR) is 117 cm³/mol. The van der Waals surface area contributed by atoms with E-state index in [9.17, 15) is 9.90 Å². The van der Waals surface area contributed by atoms with Gasteiger partial charge in [0.2, 0.25) is 0 Å². The Labute approximate surface area is 167 Å². The number of hydrogen-bond acceptors (Lipinski definition) is 3. The van der Waals surface area contributed by atoms with Gasteiger partial charge in [-0.25, -0.2) is 0 Å². The molecular weight excluding hydrogens is 370 g/mol. The zero-order valence-electron chi connectivity index (χ0n) is 15.2. The Morgan fingerprint density at radius 2 is 1.82 bits per heavy atom. The second-order valence-corrected chi connectivity index (χ2v) is 6.99. The minimum atomic E-state index is -0.287. The first-order valence-corrected chi connectivity index (χ1v) is 9.29. The Kier molecular flexibility index (Phi) is 4.71. The van der Waals surface area contributed by atoms with Gasteiger partial charge in [0.1, 0.15) is 11.3 Å². The van der Waals surface area contributed by atoms with Crippen LogP contribution in [0.2, 0.25) is 0 Å². The highest BCUT2D eigenvalue weighted by atomic mass is 32.1. The Bertz CT molecular complexity index is 1180. The molecular formula is C22H19N3O2S.